The predicted octanol–water partition coefficient (Wildman–Crippen LogP) is 4.43. The van der Waals surface area contributed by atoms with E-state index in [2.05, 4.69) is 25.6 Å². The molecule has 0 aliphatic rings. The first-order valence-electron chi connectivity index (χ1n) is 10.1. The van der Waals surface area contributed by atoms with E-state index in [1.54, 1.807) is 22.9 Å². The third-order valence-electron chi connectivity index (χ3n) is 4.33. The number of benzene rings is 1. The second kappa shape index (κ2) is 11.6. The van der Waals surface area contributed by atoms with Crippen molar-refractivity contribution in [2.24, 2.45) is 0 Å². The Morgan fingerprint density at radius 3 is 2.47 bits per heavy atom. The first-order chi connectivity index (χ1) is 15.4. The standard InChI is InChI=1S/C21H24Cl2N6O2S/c1-4-31-7-5-6-24-20(30)19-18(12-32-21-25-13(2)8-14(3)26-21)29(28-27-19)17-10-15(22)9-16(23)11-17/h8-11H,4-7,12H2,1-3H3,(H,24,30). The maximum atomic E-state index is 12.8. The Hall–Kier alpha value is -2.20. The number of hydrogen-bond acceptors (Lipinski definition) is 7. The summed E-state index contributed by atoms with van der Waals surface area (Å²) < 4.78 is 6.88. The van der Waals surface area contributed by atoms with Crippen LogP contribution in [-0.2, 0) is 10.5 Å². The SMILES string of the molecule is CCOCCCNC(=O)c1nnn(-c2cc(Cl)cc(Cl)c2)c1CSc1nc(C)cc(C)n1. The molecule has 3 aromatic rings. The topological polar surface area (TPSA) is 94.8 Å². The molecule has 0 fully saturated rings. The van der Waals surface area contributed by atoms with E-state index >= 15 is 0 Å². The molecular formula is C21H24Cl2N6O2S. The van der Waals surface area contributed by atoms with E-state index < -0.39 is 0 Å². The van der Waals surface area contributed by atoms with Gasteiger partial charge in [-0.25, -0.2) is 14.6 Å². The van der Waals surface area contributed by atoms with E-state index in [1.165, 1.54) is 11.8 Å². The Morgan fingerprint density at radius 2 is 1.81 bits per heavy atom. The minimum absolute atomic E-state index is 0.231. The fraction of sp³-hybridized carbons (Fsp3) is 0.381. The summed E-state index contributed by atoms with van der Waals surface area (Å²) in [5.41, 5.74) is 3.19. The van der Waals surface area contributed by atoms with Crippen molar-refractivity contribution in [1.82, 2.24) is 30.3 Å². The van der Waals surface area contributed by atoms with Crippen molar-refractivity contribution in [3.63, 3.8) is 0 Å². The van der Waals surface area contributed by atoms with Crippen molar-refractivity contribution in [1.29, 1.82) is 0 Å². The second-order valence-electron chi connectivity index (χ2n) is 6.95. The van der Waals surface area contributed by atoms with Crippen LogP contribution in [0.25, 0.3) is 5.69 Å². The Kier molecular flexibility index (Phi) is 8.86. The largest absolute Gasteiger partial charge is 0.382 e. The van der Waals surface area contributed by atoms with Crippen molar-refractivity contribution in [3.8, 4) is 5.69 Å². The highest BCUT2D eigenvalue weighted by Gasteiger charge is 2.21. The molecule has 2 aromatic heterocycles. The van der Waals surface area contributed by atoms with Crippen molar-refractivity contribution in [3.05, 3.63) is 57.1 Å². The van der Waals surface area contributed by atoms with Gasteiger partial charge in [0.1, 0.15) is 0 Å². The van der Waals surface area contributed by atoms with Crippen molar-refractivity contribution < 1.29 is 9.53 Å². The molecule has 0 saturated heterocycles. The molecule has 1 N–H and O–H groups in total. The maximum Gasteiger partial charge on any atom is 0.273 e. The van der Waals surface area contributed by atoms with Gasteiger partial charge in [0.05, 0.1) is 11.4 Å². The van der Waals surface area contributed by atoms with Gasteiger partial charge in [0, 0.05) is 46.9 Å². The van der Waals surface area contributed by atoms with Crippen LogP contribution in [0, 0.1) is 13.8 Å². The van der Waals surface area contributed by atoms with E-state index in [0.717, 1.165) is 11.4 Å². The molecular weight excluding hydrogens is 471 g/mol. The Balaban J connectivity index is 1.87. The molecule has 0 radical (unpaired) electrons. The minimum atomic E-state index is -0.308. The third-order valence-corrected chi connectivity index (χ3v) is 5.62. The fourth-order valence-corrected chi connectivity index (χ4v) is 4.43. The van der Waals surface area contributed by atoms with Gasteiger partial charge in [0.15, 0.2) is 10.9 Å². The van der Waals surface area contributed by atoms with Gasteiger partial charge in [0.2, 0.25) is 0 Å². The lowest BCUT2D eigenvalue weighted by Crippen LogP contribution is -2.26. The molecule has 0 spiro atoms. The molecule has 0 aliphatic carbocycles. The van der Waals surface area contributed by atoms with Gasteiger partial charge in [-0.15, -0.1) is 5.10 Å². The van der Waals surface area contributed by atoms with Crippen molar-refractivity contribution in [2.45, 2.75) is 38.1 Å². The lowest BCUT2D eigenvalue weighted by Gasteiger charge is -2.10. The van der Waals surface area contributed by atoms with Gasteiger partial charge < -0.3 is 10.1 Å². The molecule has 2 heterocycles. The zero-order valence-electron chi connectivity index (χ0n) is 18.1. The number of rotatable bonds is 10. The van der Waals surface area contributed by atoms with Gasteiger partial charge in [-0.3, -0.25) is 4.79 Å². The van der Waals surface area contributed by atoms with Gasteiger partial charge >= 0.3 is 0 Å². The van der Waals surface area contributed by atoms with Crippen LogP contribution in [0.3, 0.4) is 0 Å². The summed E-state index contributed by atoms with van der Waals surface area (Å²) in [6.45, 7) is 7.46. The summed E-state index contributed by atoms with van der Waals surface area (Å²) >= 11 is 13.8. The number of nitrogens with one attached hydrogen (secondary N) is 1. The lowest BCUT2D eigenvalue weighted by molar-refractivity contribution is 0.0938. The molecule has 0 aliphatic heterocycles. The molecule has 0 unspecified atom stereocenters. The third kappa shape index (κ3) is 6.65. The van der Waals surface area contributed by atoms with Crippen LogP contribution in [0.1, 0.15) is 40.9 Å². The van der Waals surface area contributed by atoms with Gasteiger partial charge in [-0.2, -0.15) is 0 Å². The van der Waals surface area contributed by atoms with Crippen LogP contribution in [-0.4, -0.2) is 50.6 Å². The highest BCUT2D eigenvalue weighted by atomic mass is 35.5. The predicted molar refractivity (Wildman–Crippen MR) is 126 cm³/mol. The first-order valence-corrected chi connectivity index (χ1v) is 11.8. The highest BCUT2D eigenvalue weighted by Crippen LogP contribution is 2.26. The maximum absolute atomic E-state index is 12.8. The second-order valence-corrected chi connectivity index (χ2v) is 8.77. The van der Waals surface area contributed by atoms with Crippen LogP contribution >= 0.6 is 35.0 Å². The number of carbonyl (C=O) groups is 1. The lowest BCUT2D eigenvalue weighted by atomic mass is 10.2. The Labute approximate surface area is 201 Å². The molecule has 1 aromatic carbocycles. The highest BCUT2D eigenvalue weighted by molar-refractivity contribution is 7.98. The fourth-order valence-electron chi connectivity index (χ4n) is 2.97. The molecule has 0 atom stereocenters. The molecule has 32 heavy (non-hydrogen) atoms. The number of hydrogen-bond donors (Lipinski definition) is 1. The number of aryl methyl sites for hydroxylation is 2. The molecule has 170 valence electrons. The number of carbonyl (C=O) groups excluding carboxylic acids is 1. The van der Waals surface area contributed by atoms with Gasteiger partial charge in [0.25, 0.3) is 5.91 Å². The van der Waals surface area contributed by atoms with E-state index in [1.807, 2.05) is 26.8 Å². The summed E-state index contributed by atoms with van der Waals surface area (Å²) in [5.74, 6) is 0.0691. The number of thioether (sulfide) groups is 1. The zero-order chi connectivity index (χ0) is 23.1. The molecule has 3 rings (SSSR count). The molecule has 0 saturated carbocycles. The van der Waals surface area contributed by atoms with Crippen LogP contribution in [0.5, 0.6) is 0 Å². The van der Waals surface area contributed by atoms with E-state index in [4.69, 9.17) is 27.9 Å². The van der Waals surface area contributed by atoms with Crippen LogP contribution in [0.15, 0.2) is 29.4 Å². The van der Waals surface area contributed by atoms with Gasteiger partial charge in [-0.1, -0.05) is 40.2 Å². The zero-order valence-corrected chi connectivity index (χ0v) is 20.4. The minimum Gasteiger partial charge on any atom is -0.382 e. The van der Waals surface area contributed by atoms with Crippen LogP contribution in [0.4, 0.5) is 0 Å². The summed E-state index contributed by atoms with van der Waals surface area (Å²) in [5, 5.41) is 12.8. The monoisotopic (exact) mass is 494 g/mol. The number of aromatic nitrogens is 5. The van der Waals surface area contributed by atoms with E-state index in [-0.39, 0.29) is 11.6 Å². The average molecular weight is 495 g/mol. The van der Waals surface area contributed by atoms with Crippen LogP contribution in [0.2, 0.25) is 10.0 Å². The van der Waals surface area contributed by atoms with Crippen molar-refractivity contribution in [2.75, 3.05) is 19.8 Å². The summed E-state index contributed by atoms with van der Waals surface area (Å²) in [6.07, 6.45) is 0.706. The van der Waals surface area contributed by atoms with E-state index in [0.29, 0.717) is 58.5 Å². The number of nitrogens with zero attached hydrogens (tertiary/aromatic N) is 5. The quantitative estimate of drug-likeness (QED) is 0.253. The Morgan fingerprint density at radius 1 is 1.12 bits per heavy atom. The Bertz CT molecular complexity index is 1050. The normalized spacial score (nSPS) is 11.0. The number of amides is 1. The molecule has 11 heteroatoms. The molecule has 8 nitrogen and oxygen atoms in total. The molecule has 1 amide bonds. The summed E-state index contributed by atoms with van der Waals surface area (Å²) in [7, 11) is 0. The van der Waals surface area contributed by atoms with E-state index in [9.17, 15) is 4.79 Å². The number of ether oxygens (including phenoxy) is 1. The first kappa shape index (κ1) is 24.4. The summed E-state index contributed by atoms with van der Waals surface area (Å²) in [6, 6.07) is 6.97. The number of halogens is 2. The smallest absolute Gasteiger partial charge is 0.273 e. The van der Waals surface area contributed by atoms with Crippen molar-refractivity contribution >= 4 is 40.9 Å². The average Bonchev–Trinajstić information content (AvgIpc) is 3.14. The van der Waals surface area contributed by atoms with Gasteiger partial charge in [-0.05, 0) is 51.5 Å². The molecule has 0 bridgehead atoms. The summed E-state index contributed by atoms with van der Waals surface area (Å²) in [4.78, 5) is 21.8. The van der Waals surface area contributed by atoms with Crippen LogP contribution < -0.4 is 5.32 Å².